The molecule has 2 heterocycles. The molecule has 1 aromatic carbocycles. The van der Waals surface area contributed by atoms with Crippen molar-refractivity contribution >= 4 is 0 Å². The molecule has 0 bridgehead atoms. The highest BCUT2D eigenvalue weighted by Gasteiger charge is 2.25. The number of piperidine rings is 1. The molecule has 1 N–H and O–H groups in total. The summed E-state index contributed by atoms with van der Waals surface area (Å²) in [7, 11) is 0. The number of likely N-dealkylation sites (tertiary alicyclic amines) is 1. The second-order valence-corrected chi connectivity index (χ2v) is 7.49. The summed E-state index contributed by atoms with van der Waals surface area (Å²) in [6.45, 7) is 10.9. The molecule has 0 saturated carbocycles. The van der Waals surface area contributed by atoms with E-state index in [-0.39, 0.29) is 6.10 Å². The van der Waals surface area contributed by atoms with Crippen LogP contribution in [-0.4, -0.2) is 66.9 Å². The Hall–Kier alpha value is -0.940. The molecule has 2 aliphatic heterocycles. The average molecular weight is 332 g/mol. The molecule has 2 fully saturated rings. The van der Waals surface area contributed by atoms with Gasteiger partial charge in [0.25, 0.3) is 0 Å². The molecule has 0 radical (unpaired) electrons. The van der Waals surface area contributed by atoms with Crippen LogP contribution in [0.5, 0.6) is 0 Å². The van der Waals surface area contributed by atoms with E-state index < -0.39 is 6.10 Å². The van der Waals surface area contributed by atoms with Crippen LogP contribution in [-0.2, 0) is 4.74 Å². The molecule has 3 rings (SSSR count). The van der Waals surface area contributed by atoms with Gasteiger partial charge in [-0.3, -0.25) is 4.90 Å². The Morgan fingerprint density at radius 3 is 2.71 bits per heavy atom. The Bertz CT molecular complexity index is 528. The van der Waals surface area contributed by atoms with E-state index in [1.165, 1.54) is 43.5 Å². The van der Waals surface area contributed by atoms with E-state index in [2.05, 4.69) is 41.8 Å². The molecule has 0 aromatic heterocycles. The lowest BCUT2D eigenvalue weighted by molar-refractivity contribution is -0.0550. The Labute approximate surface area is 146 Å². The number of aliphatic hydroxyl groups excluding tert-OH is 1. The van der Waals surface area contributed by atoms with Gasteiger partial charge >= 0.3 is 0 Å². The van der Waals surface area contributed by atoms with Gasteiger partial charge in [0, 0.05) is 26.2 Å². The standard InChI is InChI=1S/C20H32N2O2/c1-16-6-7-17(2)19(12-16)20(23)15-22-10-11-24-18(14-22)13-21-8-4-3-5-9-21/h6-7,12,18,20,23H,3-5,8-11,13-15H2,1-2H3/t18-,20+/m1/s1. The van der Waals surface area contributed by atoms with Gasteiger partial charge in [-0.05, 0) is 50.9 Å². The number of hydrogen-bond donors (Lipinski definition) is 1. The van der Waals surface area contributed by atoms with E-state index in [9.17, 15) is 5.11 Å². The molecule has 2 saturated heterocycles. The topological polar surface area (TPSA) is 35.9 Å². The van der Waals surface area contributed by atoms with E-state index in [4.69, 9.17) is 4.74 Å². The highest BCUT2D eigenvalue weighted by atomic mass is 16.5. The van der Waals surface area contributed by atoms with Crippen molar-refractivity contribution in [2.75, 3.05) is 45.9 Å². The van der Waals surface area contributed by atoms with E-state index >= 15 is 0 Å². The lowest BCUT2D eigenvalue weighted by Gasteiger charge is -2.37. The molecule has 134 valence electrons. The first-order valence-electron chi connectivity index (χ1n) is 9.43. The predicted octanol–water partition coefficient (Wildman–Crippen LogP) is 2.52. The molecular weight excluding hydrogens is 300 g/mol. The first-order valence-corrected chi connectivity index (χ1v) is 9.43. The molecule has 0 unspecified atom stereocenters. The Kier molecular flexibility index (Phi) is 6.28. The van der Waals surface area contributed by atoms with Gasteiger partial charge in [-0.25, -0.2) is 0 Å². The molecule has 0 spiro atoms. The number of hydrogen-bond acceptors (Lipinski definition) is 4. The Morgan fingerprint density at radius 1 is 1.12 bits per heavy atom. The van der Waals surface area contributed by atoms with Crippen LogP contribution in [0.1, 0.15) is 42.1 Å². The van der Waals surface area contributed by atoms with Crippen molar-refractivity contribution in [3.05, 3.63) is 34.9 Å². The fraction of sp³-hybridized carbons (Fsp3) is 0.700. The molecule has 0 aliphatic carbocycles. The second-order valence-electron chi connectivity index (χ2n) is 7.49. The minimum atomic E-state index is -0.418. The quantitative estimate of drug-likeness (QED) is 0.899. The second kappa shape index (κ2) is 8.43. The summed E-state index contributed by atoms with van der Waals surface area (Å²) in [5.41, 5.74) is 3.44. The van der Waals surface area contributed by atoms with Crippen molar-refractivity contribution in [2.24, 2.45) is 0 Å². The third kappa shape index (κ3) is 4.79. The maximum absolute atomic E-state index is 10.7. The van der Waals surface area contributed by atoms with Crippen molar-refractivity contribution in [1.82, 2.24) is 9.80 Å². The summed E-state index contributed by atoms with van der Waals surface area (Å²) in [6, 6.07) is 6.33. The number of β-amino-alcohol motifs (C(OH)–C–C–N with tert-alkyl or cyclic N) is 1. The van der Waals surface area contributed by atoms with Crippen LogP contribution >= 0.6 is 0 Å². The van der Waals surface area contributed by atoms with Crippen LogP contribution in [0.4, 0.5) is 0 Å². The zero-order valence-corrected chi connectivity index (χ0v) is 15.2. The number of ether oxygens (including phenoxy) is 1. The van der Waals surface area contributed by atoms with Crippen molar-refractivity contribution in [3.8, 4) is 0 Å². The number of aliphatic hydroxyl groups is 1. The van der Waals surface area contributed by atoms with Crippen molar-refractivity contribution in [1.29, 1.82) is 0 Å². The highest BCUT2D eigenvalue weighted by molar-refractivity contribution is 5.32. The maximum atomic E-state index is 10.7. The predicted molar refractivity (Wildman–Crippen MR) is 97.3 cm³/mol. The molecule has 4 nitrogen and oxygen atoms in total. The van der Waals surface area contributed by atoms with Gasteiger partial charge in [0.05, 0.1) is 18.8 Å². The van der Waals surface area contributed by atoms with Crippen LogP contribution in [0.2, 0.25) is 0 Å². The molecule has 0 amide bonds. The fourth-order valence-corrected chi connectivity index (χ4v) is 3.95. The number of nitrogens with zero attached hydrogens (tertiary/aromatic N) is 2. The smallest absolute Gasteiger partial charge is 0.0919 e. The van der Waals surface area contributed by atoms with Gasteiger partial charge in [-0.1, -0.05) is 30.2 Å². The van der Waals surface area contributed by atoms with Crippen LogP contribution in [0, 0.1) is 13.8 Å². The molecule has 1 aromatic rings. The summed E-state index contributed by atoms with van der Waals surface area (Å²) < 4.78 is 5.98. The third-order valence-corrected chi connectivity index (χ3v) is 5.36. The largest absolute Gasteiger partial charge is 0.387 e. The number of morpholine rings is 1. The van der Waals surface area contributed by atoms with Gasteiger partial charge in [0.1, 0.15) is 0 Å². The number of benzene rings is 1. The van der Waals surface area contributed by atoms with Crippen LogP contribution in [0.15, 0.2) is 18.2 Å². The number of aryl methyl sites for hydroxylation is 2. The van der Waals surface area contributed by atoms with Crippen LogP contribution in [0.3, 0.4) is 0 Å². The van der Waals surface area contributed by atoms with Gasteiger partial charge < -0.3 is 14.7 Å². The minimum absolute atomic E-state index is 0.280. The molecule has 2 atom stereocenters. The van der Waals surface area contributed by atoms with Crippen LogP contribution < -0.4 is 0 Å². The summed E-state index contributed by atoms with van der Waals surface area (Å²) in [4.78, 5) is 4.91. The maximum Gasteiger partial charge on any atom is 0.0919 e. The zero-order valence-electron chi connectivity index (χ0n) is 15.2. The molecule has 24 heavy (non-hydrogen) atoms. The van der Waals surface area contributed by atoms with Crippen molar-refractivity contribution in [2.45, 2.75) is 45.3 Å². The SMILES string of the molecule is Cc1ccc(C)c([C@@H](O)CN2CCO[C@H](CN3CCCCC3)C2)c1. The molecule has 4 heteroatoms. The summed E-state index contributed by atoms with van der Waals surface area (Å²) in [6.07, 6.45) is 3.88. The van der Waals surface area contributed by atoms with E-state index in [1.807, 2.05) is 0 Å². The van der Waals surface area contributed by atoms with E-state index in [0.29, 0.717) is 6.54 Å². The fourth-order valence-electron chi connectivity index (χ4n) is 3.95. The first kappa shape index (κ1) is 17.9. The van der Waals surface area contributed by atoms with E-state index in [1.54, 1.807) is 0 Å². The summed E-state index contributed by atoms with van der Waals surface area (Å²) in [5, 5.41) is 10.7. The van der Waals surface area contributed by atoms with Gasteiger partial charge in [-0.2, -0.15) is 0 Å². The highest BCUT2D eigenvalue weighted by Crippen LogP contribution is 2.21. The normalized spacial score (nSPS) is 24.9. The average Bonchev–Trinajstić information content (AvgIpc) is 2.58. The van der Waals surface area contributed by atoms with Crippen LogP contribution in [0.25, 0.3) is 0 Å². The minimum Gasteiger partial charge on any atom is -0.387 e. The molecular formula is C20H32N2O2. The van der Waals surface area contributed by atoms with E-state index in [0.717, 1.165) is 31.8 Å². The monoisotopic (exact) mass is 332 g/mol. The Balaban J connectivity index is 1.53. The van der Waals surface area contributed by atoms with Crippen molar-refractivity contribution < 1.29 is 9.84 Å². The van der Waals surface area contributed by atoms with Crippen molar-refractivity contribution in [3.63, 3.8) is 0 Å². The third-order valence-electron chi connectivity index (χ3n) is 5.36. The van der Waals surface area contributed by atoms with Gasteiger partial charge in [0.15, 0.2) is 0 Å². The lowest BCUT2D eigenvalue weighted by atomic mass is 10.00. The zero-order chi connectivity index (χ0) is 16.9. The first-order chi connectivity index (χ1) is 11.6. The van der Waals surface area contributed by atoms with Gasteiger partial charge in [-0.15, -0.1) is 0 Å². The number of rotatable bonds is 5. The summed E-state index contributed by atoms with van der Waals surface area (Å²) >= 11 is 0. The Morgan fingerprint density at radius 2 is 1.92 bits per heavy atom. The lowest BCUT2D eigenvalue weighted by Crippen LogP contribution is -2.49. The van der Waals surface area contributed by atoms with Gasteiger partial charge in [0.2, 0.25) is 0 Å². The molecule has 2 aliphatic rings. The summed E-state index contributed by atoms with van der Waals surface area (Å²) in [5.74, 6) is 0.